The maximum absolute atomic E-state index is 13.5. The summed E-state index contributed by atoms with van der Waals surface area (Å²) in [5.74, 6) is -0.471. The highest BCUT2D eigenvalue weighted by atomic mass is 32.2. The lowest BCUT2D eigenvalue weighted by Gasteiger charge is -2.24. The first-order valence-corrected chi connectivity index (χ1v) is 7.60. The summed E-state index contributed by atoms with van der Waals surface area (Å²) < 4.78 is 36.1. The molecule has 8 heteroatoms. The highest BCUT2D eigenvalue weighted by Crippen LogP contribution is 2.24. The number of anilines is 1. The molecule has 0 radical (unpaired) electrons. The topological polar surface area (TPSA) is 89.3 Å². The Balaban J connectivity index is 2.11. The van der Waals surface area contributed by atoms with Gasteiger partial charge in [-0.3, -0.25) is 10.1 Å². The molecule has 1 aromatic carbocycles. The lowest BCUT2D eigenvalue weighted by atomic mass is 10.1. The molecule has 0 atom stereocenters. The molecule has 1 fully saturated rings. The third kappa shape index (κ3) is 3.40. The van der Waals surface area contributed by atoms with Crippen LogP contribution in [0.3, 0.4) is 0 Å². The van der Waals surface area contributed by atoms with E-state index in [4.69, 9.17) is 0 Å². The molecule has 1 N–H and O–H groups in total. The van der Waals surface area contributed by atoms with E-state index in [0.717, 1.165) is 18.2 Å². The zero-order chi connectivity index (χ0) is 14.0. The number of nitro groups is 1. The molecule has 1 heterocycles. The zero-order valence-electron chi connectivity index (χ0n) is 10.0. The van der Waals surface area contributed by atoms with Crippen molar-refractivity contribution in [2.24, 2.45) is 0 Å². The van der Waals surface area contributed by atoms with Crippen LogP contribution in [0.1, 0.15) is 12.8 Å². The lowest BCUT2D eigenvalue weighted by Crippen LogP contribution is -2.32. The molecule has 0 unspecified atom stereocenters. The Bertz CT molecular complexity index is 589. The Morgan fingerprint density at radius 1 is 1.32 bits per heavy atom. The van der Waals surface area contributed by atoms with Crippen LogP contribution < -0.4 is 5.32 Å². The van der Waals surface area contributed by atoms with Gasteiger partial charge in [0.15, 0.2) is 0 Å². The van der Waals surface area contributed by atoms with Crippen molar-refractivity contribution >= 4 is 21.2 Å². The summed E-state index contributed by atoms with van der Waals surface area (Å²) in [6.07, 6.45) is 0.759. The number of sulfone groups is 1. The predicted molar refractivity (Wildman–Crippen MR) is 68.4 cm³/mol. The van der Waals surface area contributed by atoms with E-state index in [0.29, 0.717) is 12.8 Å². The van der Waals surface area contributed by atoms with Crippen LogP contribution in [0.25, 0.3) is 0 Å². The van der Waals surface area contributed by atoms with Crippen molar-refractivity contribution in [2.45, 2.75) is 18.9 Å². The second-order valence-electron chi connectivity index (χ2n) is 4.49. The van der Waals surface area contributed by atoms with Gasteiger partial charge in [-0.1, -0.05) is 0 Å². The van der Waals surface area contributed by atoms with Gasteiger partial charge >= 0.3 is 0 Å². The normalized spacial score (nSPS) is 19.0. The van der Waals surface area contributed by atoms with Crippen LogP contribution >= 0.6 is 0 Å². The molecule has 0 spiro atoms. The Morgan fingerprint density at radius 3 is 2.53 bits per heavy atom. The van der Waals surface area contributed by atoms with Gasteiger partial charge in [0.2, 0.25) is 0 Å². The smallest absolute Gasteiger partial charge is 0.271 e. The average molecular weight is 288 g/mol. The summed E-state index contributed by atoms with van der Waals surface area (Å²) >= 11 is 0. The molecule has 6 nitrogen and oxygen atoms in total. The summed E-state index contributed by atoms with van der Waals surface area (Å²) in [5.41, 5.74) is -0.161. The number of nitrogens with one attached hydrogen (secondary N) is 1. The van der Waals surface area contributed by atoms with E-state index < -0.39 is 20.6 Å². The molecule has 1 aliphatic heterocycles. The van der Waals surface area contributed by atoms with Crippen molar-refractivity contribution in [3.05, 3.63) is 34.1 Å². The molecule has 0 bridgehead atoms. The van der Waals surface area contributed by atoms with Gasteiger partial charge in [-0.15, -0.1) is 0 Å². The van der Waals surface area contributed by atoms with Crippen molar-refractivity contribution in [3.63, 3.8) is 0 Å². The zero-order valence-corrected chi connectivity index (χ0v) is 10.8. The number of hydrogen-bond donors (Lipinski definition) is 1. The van der Waals surface area contributed by atoms with Gasteiger partial charge in [-0.05, 0) is 18.9 Å². The first kappa shape index (κ1) is 13.7. The molecule has 104 valence electrons. The first-order valence-electron chi connectivity index (χ1n) is 5.78. The fraction of sp³-hybridized carbons (Fsp3) is 0.455. The molecule has 1 saturated heterocycles. The standard InChI is InChI=1S/C11H13FN2O4S/c12-10-2-1-9(14(15)16)7-11(10)13-8-3-5-19(17,18)6-4-8/h1-2,7-8,13H,3-6H2. The molecule has 0 saturated carbocycles. The van der Waals surface area contributed by atoms with Crippen LogP contribution in [0.2, 0.25) is 0 Å². The minimum atomic E-state index is -2.98. The highest BCUT2D eigenvalue weighted by molar-refractivity contribution is 7.91. The number of nitro benzene ring substituents is 1. The fourth-order valence-electron chi connectivity index (χ4n) is 1.99. The maximum atomic E-state index is 13.5. The van der Waals surface area contributed by atoms with Crippen LogP contribution in [0.4, 0.5) is 15.8 Å². The Labute approximate surface area is 109 Å². The van der Waals surface area contributed by atoms with Crippen molar-refractivity contribution in [2.75, 3.05) is 16.8 Å². The largest absolute Gasteiger partial charge is 0.380 e. The van der Waals surface area contributed by atoms with Crippen molar-refractivity contribution in [1.82, 2.24) is 0 Å². The molecule has 19 heavy (non-hydrogen) atoms. The first-order chi connectivity index (χ1) is 8.87. The summed E-state index contributed by atoms with van der Waals surface area (Å²) in [5, 5.41) is 13.5. The number of nitrogens with zero attached hydrogens (tertiary/aromatic N) is 1. The third-order valence-electron chi connectivity index (χ3n) is 3.08. The van der Waals surface area contributed by atoms with E-state index in [1.54, 1.807) is 0 Å². The number of non-ortho nitro benzene ring substituents is 1. The Kier molecular flexibility index (Phi) is 3.70. The van der Waals surface area contributed by atoms with Gasteiger partial charge in [0, 0.05) is 18.2 Å². The summed E-state index contributed by atoms with van der Waals surface area (Å²) in [4.78, 5) is 10.0. The summed E-state index contributed by atoms with van der Waals surface area (Å²) in [6.45, 7) is 0. The number of rotatable bonds is 3. The molecular weight excluding hydrogens is 275 g/mol. The maximum Gasteiger partial charge on any atom is 0.271 e. The monoisotopic (exact) mass is 288 g/mol. The SMILES string of the molecule is O=[N+]([O-])c1ccc(F)c(NC2CCS(=O)(=O)CC2)c1. The molecule has 2 rings (SSSR count). The van der Waals surface area contributed by atoms with E-state index in [1.165, 1.54) is 0 Å². The Hall–Kier alpha value is -1.70. The minimum Gasteiger partial charge on any atom is -0.380 e. The molecule has 0 aromatic heterocycles. The number of benzene rings is 1. The van der Waals surface area contributed by atoms with Crippen LogP contribution in [-0.4, -0.2) is 30.9 Å². The summed E-state index contributed by atoms with van der Waals surface area (Å²) in [7, 11) is -2.98. The molecule has 0 aliphatic carbocycles. The second-order valence-corrected chi connectivity index (χ2v) is 6.80. The molecule has 1 aromatic rings. The molecular formula is C11H13FN2O4S. The van der Waals surface area contributed by atoms with Crippen molar-refractivity contribution < 1.29 is 17.7 Å². The highest BCUT2D eigenvalue weighted by Gasteiger charge is 2.24. The van der Waals surface area contributed by atoms with Crippen LogP contribution in [-0.2, 0) is 9.84 Å². The summed E-state index contributed by atoms with van der Waals surface area (Å²) in [6, 6.07) is 3.06. The van der Waals surface area contributed by atoms with Gasteiger partial charge < -0.3 is 5.32 Å². The fourth-order valence-corrected chi connectivity index (χ4v) is 3.48. The van der Waals surface area contributed by atoms with E-state index in [-0.39, 0.29) is 28.9 Å². The minimum absolute atomic E-state index is 0.0403. The predicted octanol–water partition coefficient (Wildman–Crippen LogP) is 1.72. The van der Waals surface area contributed by atoms with Gasteiger partial charge in [0.25, 0.3) is 5.69 Å². The Morgan fingerprint density at radius 2 is 1.95 bits per heavy atom. The lowest BCUT2D eigenvalue weighted by molar-refractivity contribution is -0.384. The van der Waals surface area contributed by atoms with E-state index in [1.807, 2.05) is 0 Å². The molecule has 0 amide bonds. The van der Waals surface area contributed by atoms with Gasteiger partial charge in [-0.25, -0.2) is 12.8 Å². The number of hydrogen-bond acceptors (Lipinski definition) is 5. The van der Waals surface area contributed by atoms with Gasteiger partial charge in [-0.2, -0.15) is 0 Å². The average Bonchev–Trinajstić information content (AvgIpc) is 2.34. The van der Waals surface area contributed by atoms with E-state index >= 15 is 0 Å². The number of halogens is 1. The van der Waals surface area contributed by atoms with Crippen LogP contribution in [0, 0.1) is 15.9 Å². The molecule has 1 aliphatic rings. The van der Waals surface area contributed by atoms with Gasteiger partial charge in [0.05, 0.1) is 22.1 Å². The van der Waals surface area contributed by atoms with E-state index in [9.17, 15) is 22.9 Å². The van der Waals surface area contributed by atoms with E-state index in [2.05, 4.69) is 5.32 Å². The van der Waals surface area contributed by atoms with Gasteiger partial charge in [0.1, 0.15) is 15.7 Å². The third-order valence-corrected chi connectivity index (χ3v) is 4.79. The van der Waals surface area contributed by atoms with Crippen molar-refractivity contribution in [1.29, 1.82) is 0 Å². The van der Waals surface area contributed by atoms with Crippen molar-refractivity contribution in [3.8, 4) is 0 Å². The quantitative estimate of drug-likeness (QED) is 0.675. The van der Waals surface area contributed by atoms with Crippen LogP contribution in [0.5, 0.6) is 0 Å². The second kappa shape index (κ2) is 5.12. The van der Waals surface area contributed by atoms with Crippen LogP contribution in [0.15, 0.2) is 18.2 Å².